The fourth-order valence-corrected chi connectivity index (χ4v) is 6.38. The van der Waals surface area contributed by atoms with Crippen molar-refractivity contribution < 1.29 is 30.3 Å². The number of alkyl halides is 1. The third-order valence-electron chi connectivity index (χ3n) is 8.22. The molecule has 0 aliphatic carbocycles. The van der Waals surface area contributed by atoms with Crippen LogP contribution in [0.2, 0.25) is 0 Å². The van der Waals surface area contributed by atoms with E-state index < -0.39 is 34.3 Å². The Morgan fingerprint density at radius 1 is 0.561 bits per heavy atom. The first kappa shape index (κ1) is 29.4. The maximum Gasteiger partial charge on any atom is 0.279 e. The lowest BCUT2D eigenvalue weighted by Crippen LogP contribution is -2.85. The molecule has 1 heterocycles. The van der Waals surface area contributed by atoms with Crippen LogP contribution in [0, 0.1) is 0 Å². The molecule has 1 unspecified atom stereocenters. The highest BCUT2D eigenvalue weighted by atomic mass is 35.5. The molecule has 7 heteroatoms. The van der Waals surface area contributed by atoms with Gasteiger partial charge in [-0.05, 0) is 22.3 Å². The van der Waals surface area contributed by atoms with Crippen molar-refractivity contribution in [3.63, 3.8) is 0 Å². The van der Waals surface area contributed by atoms with Crippen molar-refractivity contribution in [2.75, 3.05) is 0 Å². The lowest BCUT2D eigenvalue weighted by atomic mass is 9.58. The van der Waals surface area contributed by atoms with Crippen LogP contribution in [-0.4, -0.2) is 59.8 Å². The summed E-state index contributed by atoms with van der Waals surface area (Å²) in [6, 6.07) is 35.7. The van der Waals surface area contributed by atoms with Gasteiger partial charge in [-0.2, -0.15) is 0 Å². The van der Waals surface area contributed by atoms with Crippen LogP contribution in [0.15, 0.2) is 121 Å². The Balaban J connectivity index is 1.69. The van der Waals surface area contributed by atoms with Crippen molar-refractivity contribution in [2.45, 2.75) is 59.9 Å². The number of aliphatic hydroxyl groups excluding tert-OH is 1. The predicted octanol–water partition coefficient (Wildman–Crippen LogP) is 3.80. The summed E-state index contributed by atoms with van der Waals surface area (Å²) in [6.45, 7) is 0. The maximum atomic E-state index is 12.9. The Morgan fingerprint density at radius 3 is 1.37 bits per heavy atom. The molecular weight excluding hydrogens is 540 g/mol. The molecule has 4 aromatic rings. The van der Waals surface area contributed by atoms with E-state index in [2.05, 4.69) is 0 Å². The topological polar surface area (TPSA) is 110 Å². The van der Waals surface area contributed by atoms with Crippen LogP contribution in [0.1, 0.15) is 22.3 Å². The van der Waals surface area contributed by atoms with E-state index >= 15 is 0 Å². The predicted molar refractivity (Wildman–Crippen MR) is 157 cm³/mol. The van der Waals surface area contributed by atoms with E-state index in [1.54, 1.807) is 78.9 Å². The van der Waals surface area contributed by atoms with E-state index in [-0.39, 0.29) is 25.7 Å². The van der Waals surface area contributed by atoms with Gasteiger partial charge in [0.25, 0.3) is 5.25 Å². The van der Waals surface area contributed by atoms with Crippen molar-refractivity contribution in [2.24, 2.45) is 0 Å². The van der Waals surface area contributed by atoms with Gasteiger partial charge in [0.05, 0.1) is 6.10 Å². The zero-order chi connectivity index (χ0) is 29.1. The third-order valence-corrected chi connectivity index (χ3v) is 8.63. The molecule has 4 aromatic carbocycles. The second-order valence-electron chi connectivity index (χ2n) is 11.0. The van der Waals surface area contributed by atoms with Gasteiger partial charge in [-0.25, -0.2) is 0 Å². The van der Waals surface area contributed by atoms with Crippen molar-refractivity contribution in [3.8, 4) is 0 Å². The molecule has 0 saturated carbocycles. The summed E-state index contributed by atoms with van der Waals surface area (Å²) < 4.78 is 5.93. The quantitative estimate of drug-likeness (QED) is 0.195. The van der Waals surface area contributed by atoms with Crippen LogP contribution in [-0.2, 0) is 30.4 Å². The Kier molecular flexibility index (Phi) is 8.37. The Morgan fingerprint density at radius 2 is 0.927 bits per heavy atom. The third kappa shape index (κ3) is 5.57. The van der Waals surface area contributed by atoms with E-state index in [9.17, 15) is 25.5 Å². The SMILES string of the molecule is OC(Cc1ccccc1)[C@H]1O[C@](O)(Cl)[C@@](O)(Cc2ccccc2)[C@](O)(Cc2ccccc2)[C@@]1(O)Cc1ccccc1. The molecule has 0 aromatic heterocycles. The number of halogens is 1. The zero-order valence-corrected chi connectivity index (χ0v) is 23.3. The van der Waals surface area contributed by atoms with Crippen molar-refractivity contribution in [1.29, 1.82) is 0 Å². The lowest BCUT2D eigenvalue weighted by Gasteiger charge is -2.63. The van der Waals surface area contributed by atoms with Gasteiger partial charge in [-0.15, -0.1) is 0 Å². The van der Waals surface area contributed by atoms with Crippen LogP contribution in [0.25, 0.3) is 0 Å². The summed E-state index contributed by atoms with van der Waals surface area (Å²) in [6.07, 6.45) is -3.84. The van der Waals surface area contributed by atoms with Crippen LogP contribution < -0.4 is 0 Å². The van der Waals surface area contributed by atoms with Gasteiger partial charge in [0, 0.05) is 25.7 Å². The molecule has 1 aliphatic rings. The summed E-state index contributed by atoms with van der Waals surface area (Å²) in [5, 5.41) is 58.5. The molecule has 214 valence electrons. The van der Waals surface area contributed by atoms with Gasteiger partial charge in [0.1, 0.15) is 17.3 Å². The average Bonchev–Trinajstić information content (AvgIpc) is 2.97. The second-order valence-corrected chi connectivity index (χ2v) is 11.5. The number of hydrogen-bond acceptors (Lipinski definition) is 6. The van der Waals surface area contributed by atoms with Crippen molar-refractivity contribution in [3.05, 3.63) is 144 Å². The molecule has 0 radical (unpaired) electrons. The Hall–Kier alpha value is -3.07. The zero-order valence-electron chi connectivity index (χ0n) is 22.6. The molecule has 5 N–H and O–H groups in total. The molecule has 1 aliphatic heterocycles. The molecular formula is C34H35ClO6. The van der Waals surface area contributed by atoms with Crippen molar-refractivity contribution >= 4 is 11.6 Å². The van der Waals surface area contributed by atoms with Gasteiger partial charge in [0.15, 0.2) is 5.60 Å². The molecule has 1 saturated heterocycles. The van der Waals surface area contributed by atoms with Crippen LogP contribution in [0.3, 0.4) is 0 Å². The summed E-state index contributed by atoms with van der Waals surface area (Å²) in [5.41, 5.74) is -4.98. The monoisotopic (exact) mass is 574 g/mol. The van der Waals surface area contributed by atoms with Crippen molar-refractivity contribution in [1.82, 2.24) is 0 Å². The van der Waals surface area contributed by atoms with Gasteiger partial charge in [0.2, 0.25) is 0 Å². The minimum atomic E-state index is -2.89. The van der Waals surface area contributed by atoms with E-state index in [1.165, 1.54) is 0 Å². The number of aliphatic hydroxyl groups is 5. The first-order chi connectivity index (χ1) is 19.6. The molecule has 41 heavy (non-hydrogen) atoms. The van der Waals surface area contributed by atoms with Gasteiger partial charge < -0.3 is 30.3 Å². The number of benzene rings is 4. The first-order valence-electron chi connectivity index (χ1n) is 13.7. The standard InChI is InChI=1S/C34H35ClO6/c35-34(40)33(39,24-28-19-11-4-12-20-28)32(38,23-27-17-9-3-10-18-27)31(37,22-26-15-7-2-8-16-26)30(41-34)29(36)21-25-13-5-1-6-14-25/h1-20,29-30,36-40H,21-24H2/t29?,30-,31-,32+,33-,34+/m1/s1. The lowest BCUT2D eigenvalue weighted by molar-refractivity contribution is -0.418. The molecule has 0 amide bonds. The van der Waals surface area contributed by atoms with E-state index in [0.717, 1.165) is 5.56 Å². The summed E-state index contributed by atoms with van der Waals surface area (Å²) in [5.74, 6) is 0. The highest BCUT2D eigenvalue weighted by Crippen LogP contribution is 2.55. The average molecular weight is 575 g/mol. The van der Waals surface area contributed by atoms with Gasteiger partial charge in [-0.1, -0.05) is 133 Å². The minimum absolute atomic E-state index is 0.0358. The van der Waals surface area contributed by atoms with Gasteiger partial charge in [-0.3, -0.25) is 0 Å². The second kappa shape index (κ2) is 11.7. The highest BCUT2D eigenvalue weighted by molar-refractivity contribution is 6.22. The molecule has 0 spiro atoms. The molecule has 6 atom stereocenters. The van der Waals surface area contributed by atoms with E-state index in [1.807, 2.05) is 42.5 Å². The molecule has 6 nitrogen and oxygen atoms in total. The molecule has 0 bridgehead atoms. The normalized spacial score (nSPS) is 30.5. The Labute approximate surface area is 245 Å². The largest absolute Gasteiger partial charge is 0.390 e. The molecule has 5 rings (SSSR count). The van der Waals surface area contributed by atoms with E-state index in [0.29, 0.717) is 16.7 Å². The summed E-state index contributed by atoms with van der Waals surface area (Å²) in [4.78, 5) is 0. The van der Waals surface area contributed by atoms with E-state index in [4.69, 9.17) is 16.3 Å². The summed E-state index contributed by atoms with van der Waals surface area (Å²) in [7, 11) is 0. The minimum Gasteiger partial charge on any atom is -0.390 e. The number of ether oxygens (including phenoxy) is 1. The maximum absolute atomic E-state index is 12.9. The Bertz CT molecular complexity index is 1400. The smallest absolute Gasteiger partial charge is 0.279 e. The fourth-order valence-electron chi connectivity index (χ4n) is 6.06. The number of rotatable bonds is 9. The first-order valence-corrected chi connectivity index (χ1v) is 14.1. The van der Waals surface area contributed by atoms with Gasteiger partial charge >= 0.3 is 0 Å². The summed E-state index contributed by atoms with van der Waals surface area (Å²) >= 11 is 6.65. The fraction of sp³-hybridized carbons (Fsp3) is 0.294. The van der Waals surface area contributed by atoms with Crippen LogP contribution >= 0.6 is 11.6 Å². The highest BCUT2D eigenvalue weighted by Gasteiger charge is 2.77. The van der Waals surface area contributed by atoms with Crippen LogP contribution in [0.5, 0.6) is 0 Å². The van der Waals surface area contributed by atoms with Crippen LogP contribution in [0.4, 0.5) is 0 Å². The number of hydrogen-bond donors (Lipinski definition) is 5. The molecule has 1 fully saturated rings.